The molecule has 25 heavy (non-hydrogen) atoms. The van der Waals surface area contributed by atoms with Gasteiger partial charge in [0.15, 0.2) is 0 Å². The average molecular weight is 335 g/mol. The second-order valence-corrected chi connectivity index (χ2v) is 6.01. The number of carbonyl (C=O) groups is 2. The molecule has 1 fully saturated rings. The summed E-state index contributed by atoms with van der Waals surface area (Å²) >= 11 is 0. The van der Waals surface area contributed by atoms with Gasteiger partial charge in [0, 0.05) is 0 Å². The molecule has 1 atom stereocenters. The van der Waals surface area contributed by atoms with E-state index in [0.29, 0.717) is 6.42 Å². The van der Waals surface area contributed by atoms with Gasteiger partial charge >= 0.3 is 6.03 Å². The number of amides is 3. The third-order valence-corrected chi connectivity index (χ3v) is 4.58. The molecule has 5 heteroatoms. The molecule has 0 aromatic heterocycles. The Morgan fingerprint density at radius 3 is 2.32 bits per heavy atom. The fourth-order valence-corrected chi connectivity index (χ4v) is 2.99. The Morgan fingerprint density at radius 2 is 1.72 bits per heavy atom. The Bertz CT molecular complexity index is 799. The zero-order valence-electron chi connectivity index (χ0n) is 14.4. The first-order valence-corrected chi connectivity index (χ1v) is 8.46. The van der Waals surface area contributed by atoms with E-state index in [1.54, 1.807) is 0 Å². The number of aryl methyl sites for hydroxylation is 1. The molecular weight excluding hydrogens is 314 g/mol. The highest BCUT2D eigenvalue weighted by Crippen LogP contribution is 2.32. The molecule has 3 amide bonds. The maximum Gasteiger partial charge on any atom is 0.346 e. The maximum absolute atomic E-state index is 12.9. The number of nitrogens with zero attached hydrogens (tertiary/aromatic N) is 2. The normalized spacial score (nSPS) is 20.3. The van der Waals surface area contributed by atoms with Crippen molar-refractivity contribution in [2.24, 2.45) is 5.10 Å². The molecule has 0 unspecified atom stereocenters. The molecule has 1 heterocycles. The molecule has 1 saturated heterocycles. The first-order chi connectivity index (χ1) is 12.1. The first-order valence-electron chi connectivity index (χ1n) is 8.46. The lowest BCUT2D eigenvalue weighted by Crippen LogP contribution is -2.43. The van der Waals surface area contributed by atoms with E-state index in [1.807, 2.05) is 61.5 Å². The topological polar surface area (TPSA) is 61.8 Å². The van der Waals surface area contributed by atoms with Crippen molar-refractivity contribution in [3.05, 3.63) is 71.3 Å². The summed E-state index contributed by atoms with van der Waals surface area (Å²) in [5, 5.41) is 7.86. The van der Waals surface area contributed by atoms with Gasteiger partial charge in [0.1, 0.15) is 5.54 Å². The summed E-state index contributed by atoms with van der Waals surface area (Å²) in [7, 11) is 0. The van der Waals surface area contributed by atoms with Crippen LogP contribution >= 0.6 is 0 Å². The summed E-state index contributed by atoms with van der Waals surface area (Å²) in [6.45, 7) is 3.96. The molecule has 1 aliphatic heterocycles. The number of carbonyl (C=O) groups excluding carboxylic acids is 2. The number of hydrogen-bond donors (Lipinski definition) is 1. The first kappa shape index (κ1) is 16.9. The number of nitrogens with one attached hydrogen (secondary N) is 1. The molecule has 128 valence electrons. The number of hydrazone groups is 1. The van der Waals surface area contributed by atoms with Crippen LogP contribution in [0.15, 0.2) is 59.7 Å². The van der Waals surface area contributed by atoms with Crippen LogP contribution in [0.1, 0.15) is 37.0 Å². The number of rotatable bonds is 5. The van der Waals surface area contributed by atoms with Crippen LogP contribution in [0.25, 0.3) is 0 Å². The minimum absolute atomic E-state index is 0.354. The van der Waals surface area contributed by atoms with Crippen LogP contribution in [0.4, 0.5) is 4.79 Å². The monoisotopic (exact) mass is 335 g/mol. The summed E-state index contributed by atoms with van der Waals surface area (Å²) in [6.07, 6.45) is 2.95. The van der Waals surface area contributed by atoms with Gasteiger partial charge in [0.05, 0.1) is 6.21 Å². The van der Waals surface area contributed by atoms with Gasteiger partial charge in [-0.2, -0.15) is 5.10 Å². The lowest BCUT2D eigenvalue weighted by atomic mass is 9.87. The summed E-state index contributed by atoms with van der Waals surface area (Å²) < 4.78 is 0. The average Bonchev–Trinajstić information content (AvgIpc) is 2.92. The minimum Gasteiger partial charge on any atom is -0.318 e. The van der Waals surface area contributed by atoms with E-state index in [9.17, 15) is 9.59 Å². The molecule has 0 spiro atoms. The largest absolute Gasteiger partial charge is 0.346 e. The SMILES string of the molecule is CCc1ccc(/C=N\N2C(=O)N[C@@](CC)(c3ccccc3)C2=O)cc1. The predicted molar refractivity (Wildman–Crippen MR) is 97.2 cm³/mol. The van der Waals surface area contributed by atoms with Crippen molar-refractivity contribution < 1.29 is 9.59 Å². The Hall–Kier alpha value is -2.95. The fourth-order valence-electron chi connectivity index (χ4n) is 2.99. The third kappa shape index (κ3) is 3.05. The standard InChI is InChI=1S/C20H21N3O2/c1-3-15-10-12-16(13-11-15)14-21-23-18(24)20(4-2,22-19(23)25)17-8-6-5-7-9-17/h5-14H,3-4H2,1-2H3,(H,22,25)/b21-14-/t20-/m0/s1. The highest BCUT2D eigenvalue weighted by Gasteiger charge is 2.51. The van der Waals surface area contributed by atoms with E-state index in [2.05, 4.69) is 17.3 Å². The van der Waals surface area contributed by atoms with Crippen molar-refractivity contribution in [2.45, 2.75) is 32.2 Å². The lowest BCUT2D eigenvalue weighted by Gasteiger charge is -2.24. The van der Waals surface area contributed by atoms with Gasteiger partial charge in [-0.15, -0.1) is 5.01 Å². The number of benzene rings is 2. The Kier molecular flexibility index (Phi) is 4.65. The van der Waals surface area contributed by atoms with Crippen molar-refractivity contribution >= 4 is 18.2 Å². The van der Waals surface area contributed by atoms with Crippen LogP contribution < -0.4 is 5.32 Å². The van der Waals surface area contributed by atoms with Crippen molar-refractivity contribution in [3.8, 4) is 0 Å². The molecule has 0 aliphatic carbocycles. The summed E-state index contributed by atoms with van der Waals surface area (Å²) in [5.41, 5.74) is 1.77. The third-order valence-electron chi connectivity index (χ3n) is 4.58. The lowest BCUT2D eigenvalue weighted by molar-refractivity contribution is -0.131. The van der Waals surface area contributed by atoms with Crippen molar-refractivity contribution in [1.82, 2.24) is 10.3 Å². The van der Waals surface area contributed by atoms with Gasteiger partial charge in [-0.05, 0) is 29.5 Å². The second kappa shape index (κ2) is 6.89. The zero-order chi connectivity index (χ0) is 17.9. The summed E-state index contributed by atoms with van der Waals surface area (Å²) in [4.78, 5) is 25.3. The molecular formula is C20H21N3O2. The molecule has 5 nitrogen and oxygen atoms in total. The van der Waals surface area contributed by atoms with Crippen molar-refractivity contribution in [1.29, 1.82) is 0 Å². The molecule has 1 N–H and O–H groups in total. The van der Waals surface area contributed by atoms with Gasteiger partial charge in [-0.1, -0.05) is 68.4 Å². The van der Waals surface area contributed by atoms with Crippen LogP contribution in [0.2, 0.25) is 0 Å². The van der Waals surface area contributed by atoms with E-state index >= 15 is 0 Å². The van der Waals surface area contributed by atoms with Crippen LogP contribution in [-0.2, 0) is 16.8 Å². The van der Waals surface area contributed by atoms with E-state index < -0.39 is 11.6 Å². The quantitative estimate of drug-likeness (QED) is 0.672. The molecule has 2 aromatic carbocycles. The Balaban J connectivity index is 1.86. The Morgan fingerprint density at radius 1 is 1.04 bits per heavy atom. The van der Waals surface area contributed by atoms with E-state index in [1.165, 1.54) is 11.8 Å². The van der Waals surface area contributed by atoms with E-state index in [4.69, 9.17) is 0 Å². The van der Waals surface area contributed by atoms with Gasteiger partial charge in [0.2, 0.25) is 0 Å². The Labute approximate surface area is 147 Å². The van der Waals surface area contributed by atoms with Crippen molar-refractivity contribution in [3.63, 3.8) is 0 Å². The van der Waals surface area contributed by atoms with Crippen LogP contribution in [-0.4, -0.2) is 23.2 Å². The van der Waals surface area contributed by atoms with Gasteiger partial charge in [-0.25, -0.2) is 4.79 Å². The molecule has 2 aromatic rings. The summed E-state index contributed by atoms with van der Waals surface area (Å²) in [5.74, 6) is -0.354. The van der Waals surface area contributed by atoms with Crippen LogP contribution in [0.3, 0.4) is 0 Å². The minimum atomic E-state index is -1.05. The summed E-state index contributed by atoms with van der Waals surface area (Å²) in [6, 6.07) is 16.6. The molecule has 0 saturated carbocycles. The highest BCUT2D eigenvalue weighted by molar-refractivity contribution is 6.07. The number of hydrogen-bond acceptors (Lipinski definition) is 3. The van der Waals surface area contributed by atoms with E-state index in [-0.39, 0.29) is 5.91 Å². The van der Waals surface area contributed by atoms with Crippen LogP contribution in [0, 0.1) is 0 Å². The second-order valence-electron chi connectivity index (χ2n) is 6.01. The molecule has 3 rings (SSSR count). The highest BCUT2D eigenvalue weighted by atomic mass is 16.2. The fraction of sp³-hybridized carbons (Fsp3) is 0.250. The zero-order valence-corrected chi connectivity index (χ0v) is 14.4. The number of imide groups is 1. The smallest absolute Gasteiger partial charge is 0.318 e. The van der Waals surface area contributed by atoms with E-state index in [0.717, 1.165) is 22.6 Å². The molecule has 1 aliphatic rings. The number of urea groups is 1. The molecule has 0 radical (unpaired) electrons. The van der Waals surface area contributed by atoms with Crippen molar-refractivity contribution in [2.75, 3.05) is 0 Å². The van der Waals surface area contributed by atoms with Gasteiger partial charge in [0.25, 0.3) is 5.91 Å². The molecule has 0 bridgehead atoms. The maximum atomic E-state index is 12.9. The predicted octanol–water partition coefficient (Wildman–Crippen LogP) is 3.44. The van der Waals surface area contributed by atoms with Gasteiger partial charge in [-0.3, -0.25) is 4.79 Å². The van der Waals surface area contributed by atoms with Crippen LogP contribution in [0.5, 0.6) is 0 Å². The van der Waals surface area contributed by atoms with Gasteiger partial charge < -0.3 is 5.32 Å².